The maximum atomic E-state index is 5.15. The van der Waals surface area contributed by atoms with Crippen LogP contribution in [0.3, 0.4) is 0 Å². The predicted molar refractivity (Wildman–Crippen MR) is 36.5 cm³/mol. The molecule has 1 aromatic rings. The van der Waals surface area contributed by atoms with Crippen molar-refractivity contribution < 1.29 is 4.65 Å². The molecule has 0 saturated heterocycles. The van der Waals surface area contributed by atoms with E-state index in [0.717, 1.165) is 6.90 Å². The van der Waals surface area contributed by atoms with Gasteiger partial charge in [0.2, 0.25) is 0 Å². The molecule has 4 heteroatoms. The molecule has 0 amide bonds. The van der Waals surface area contributed by atoms with Gasteiger partial charge in [-0.1, -0.05) is 6.07 Å². The summed E-state index contributed by atoms with van der Waals surface area (Å²) in [6, 6.07) is 5.35. The van der Waals surface area contributed by atoms with Crippen molar-refractivity contribution in [3.63, 3.8) is 0 Å². The van der Waals surface area contributed by atoms with E-state index in [2.05, 4.69) is 4.98 Å². The van der Waals surface area contributed by atoms with Crippen molar-refractivity contribution in [2.24, 2.45) is 0 Å². The standard InChI is InChI=1S/C5H4BClNO/c7-6-9-5-3-1-2-4-8-5/h1-4H. The van der Waals surface area contributed by atoms with Crippen LogP contribution in [0.4, 0.5) is 0 Å². The Labute approximate surface area is 59.0 Å². The molecule has 2 nitrogen and oxygen atoms in total. The third-order valence-corrected chi connectivity index (χ3v) is 0.892. The van der Waals surface area contributed by atoms with Crippen molar-refractivity contribution in [2.45, 2.75) is 0 Å². The van der Waals surface area contributed by atoms with Crippen molar-refractivity contribution >= 4 is 18.4 Å². The zero-order valence-corrected chi connectivity index (χ0v) is 5.38. The smallest absolute Gasteiger partial charge is 0.496 e. The molecule has 45 valence electrons. The first-order chi connectivity index (χ1) is 4.43. The minimum absolute atomic E-state index is 0.507. The second kappa shape index (κ2) is 3.35. The largest absolute Gasteiger partial charge is 0.534 e. The van der Waals surface area contributed by atoms with Gasteiger partial charge in [0.25, 0.3) is 0 Å². The van der Waals surface area contributed by atoms with E-state index in [4.69, 9.17) is 16.1 Å². The van der Waals surface area contributed by atoms with Gasteiger partial charge in [0.15, 0.2) is 5.88 Å². The molecular formula is C5H4BClNO. The molecule has 0 aliphatic rings. The van der Waals surface area contributed by atoms with Gasteiger partial charge in [-0.2, -0.15) is 0 Å². The molecule has 0 unspecified atom stereocenters. The lowest BCUT2D eigenvalue weighted by molar-refractivity contribution is 0.582. The number of pyridine rings is 1. The molecule has 0 saturated carbocycles. The van der Waals surface area contributed by atoms with Crippen LogP contribution in [0.2, 0.25) is 0 Å². The Kier molecular flexibility index (Phi) is 2.39. The Hall–Kier alpha value is -0.695. The predicted octanol–water partition coefficient (Wildman–Crippen LogP) is 1.23. The van der Waals surface area contributed by atoms with Crippen LogP contribution >= 0.6 is 11.5 Å². The van der Waals surface area contributed by atoms with E-state index in [0.29, 0.717) is 5.88 Å². The topological polar surface area (TPSA) is 22.1 Å². The number of hydrogen-bond donors (Lipinski definition) is 0. The SMILES string of the molecule is Cl[B]Oc1ccccn1. The van der Waals surface area contributed by atoms with Crippen molar-refractivity contribution in [1.29, 1.82) is 0 Å². The van der Waals surface area contributed by atoms with Gasteiger partial charge in [0, 0.05) is 6.20 Å². The molecule has 0 N–H and O–H groups in total. The van der Waals surface area contributed by atoms with E-state index in [-0.39, 0.29) is 0 Å². The summed E-state index contributed by atoms with van der Waals surface area (Å²) in [5.74, 6) is 0.507. The van der Waals surface area contributed by atoms with E-state index < -0.39 is 0 Å². The number of nitrogens with zero attached hydrogens (tertiary/aromatic N) is 1. The average Bonchev–Trinajstić information content (AvgIpc) is 1.91. The van der Waals surface area contributed by atoms with Crippen LogP contribution in [0.15, 0.2) is 24.4 Å². The number of hydrogen-bond acceptors (Lipinski definition) is 2. The molecule has 9 heavy (non-hydrogen) atoms. The molecule has 1 aromatic heterocycles. The van der Waals surface area contributed by atoms with E-state index in [1.165, 1.54) is 0 Å². The summed E-state index contributed by atoms with van der Waals surface area (Å²) in [6.07, 6.45) is 1.63. The van der Waals surface area contributed by atoms with Gasteiger partial charge in [0.1, 0.15) is 0 Å². The fourth-order valence-electron chi connectivity index (χ4n) is 0.462. The summed E-state index contributed by atoms with van der Waals surface area (Å²) >= 11 is 5.15. The molecule has 1 radical (unpaired) electrons. The van der Waals surface area contributed by atoms with Crippen molar-refractivity contribution in [2.75, 3.05) is 0 Å². The molecule has 0 spiro atoms. The molecular weight excluding hydrogens is 136 g/mol. The van der Waals surface area contributed by atoms with Crippen LogP contribution in [0, 0.1) is 0 Å². The highest BCUT2D eigenvalue weighted by atomic mass is 35.5. The number of rotatable bonds is 2. The lowest BCUT2D eigenvalue weighted by atomic mass is 10.4. The number of halogens is 1. The first-order valence-corrected chi connectivity index (χ1v) is 2.86. The first kappa shape index (κ1) is 6.43. The summed E-state index contributed by atoms with van der Waals surface area (Å²) < 4.78 is 4.74. The van der Waals surface area contributed by atoms with E-state index in [1.54, 1.807) is 18.3 Å². The molecule has 0 fully saturated rings. The molecule has 1 heterocycles. The molecule has 0 aromatic carbocycles. The fourth-order valence-corrected chi connectivity index (χ4v) is 0.554. The third-order valence-electron chi connectivity index (χ3n) is 0.803. The summed E-state index contributed by atoms with van der Waals surface area (Å²) in [7, 11) is 0. The molecule has 0 atom stereocenters. The highest BCUT2D eigenvalue weighted by Crippen LogP contribution is 2.01. The van der Waals surface area contributed by atoms with Crippen molar-refractivity contribution in [1.82, 2.24) is 4.98 Å². The van der Waals surface area contributed by atoms with Crippen molar-refractivity contribution in [3.05, 3.63) is 24.4 Å². The van der Waals surface area contributed by atoms with Crippen LogP contribution in [0.25, 0.3) is 0 Å². The Bertz CT molecular complexity index is 170. The molecule has 1 rings (SSSR count). The van der Waals surface area contributed by atoms with E-state index in [9.17, 15) is 0 Å². The van der Waals surface area contributed by atoms with Crippen LogP contribution in [-0.4, -0.2) is 11.9 Å². The Morgan fingerprint density at radius 3 is 3.00 bits per heavy atom. The van der Waals surface area contributed by atoms with Gasteiger partial charge in [-0.3, -0.25) is 0 Å². The maximum Gasteiger partial charge on any atom is 0.496 e. The van der Waals surface area contributed by atoms with Gasteiger partial charge in [-0.25, -0.2) is 4.98 Å². The molecule has 0 aliphatic carbocycles. The minimum atomic E-state index is 0.507. The Balaban J connectivity index is 2.61. The van der Waals surface area contributed by atoms with Crippen LogP contribution in [-0.2, 0) is 0 Å². The third kappa shape index (κ3) is 1.94. The molecule has 0 aliphatic heterocycles. The Morgan fingerprint density at radius 2 is 2.44 bits per heavy atom. The van der Waals surface area contributed by atoms with Gasteiger partial charge >= 0.3 is 6.90 Å². The van der Waals surface area contributed by atoms with Gasteiger partial charge in [-0.15, -0.1) is 11.5 Å². The zero-order valence-electron chi connectivity index (χ0n) is 4.62. The highest BCUT2D eigenvalue weighted by Gasteiger charge is 1.89. The lowest BCUT2D eigenvalue weighted by Crippen LogP contribution is -1.94. The van der Waals surface area contributed by atoms with E-state index >= 15 is 0 Å². The highest BCUT2D eigenvalue weighted by molar-refractivity contribution is 6.90. The van der Waals surface area contributed by atoms with Crippen LogP contribution in [0.5, 0.6) is 5.88 Å². The number of aromatic nitrogens is 1. The second-order valence-electron chi connectivity index (χ2n) is 1.37. The maximum absolute atomic E-state index is 5.15. The summed E-state index contributed by atoms with van der Waals surface area (Å²) in [5, 5.41) is 0. The van der Waals surface area contributed by atoms with Gasteiger partial charge in [-0.05, 0) is 12.1 Å². The average molecular weight is 140 g/mol. The summed E-state index contributed by atoms with van der Waals surface area (Å²) in [4.78, 5) is 3.83. The Morgan fingerprint density at radius 1 is 1.56 bits per heavy atom. The normalized spacial score (nSPS) is 8.56. The summed E-state index contributed by atoms with van der Waals surface area (Å²) in [5.41, 5.74) is 0. The quantitative estimate of drug-likeness (QED) is 0.577. The fraction of sp³-hybridized carbons (Fsp3) is 0. The monoisotopic (exact) mass is 140 g/mol. The molecule has 0 bridgehead atoms. The van der Waals surface area contributed by atoms with E-state index in [1.807, 2.05) is 6.07 Å². The minimum Gasteiger partial charge on any atom is -0.534 e. The summed E-state index contributed by atoms with van der Waals surface area (Å²) in [6.45, 7) is 1.07. The van der Waals surface area contributed by atoms with Crippen LogP contribution in [0.1, 0.15) is 0 Å². The van der Waals surface area contributed by atoms with Gasteiger partial charge in [0.05, 0.1) is 0 Å². The first-order valence-electron chi connectivity index (χ1n) is 2.43. The van der Waals surface area contributed by atoms with Crippen LogP contribution < -0.4 is 4.65 Å². The van der Waals surface area contributed by atoms with Gasteiger partial charge < -0.3 is 4.65 Å². The van der Waals surface area contributed by atoms with Crippen molar-refractivity contribution in [3.8, 4) is 5.88 Å². The lowest BCUT2D eigenvalue weighted by Gasteiger charge is -1.95. The second-order valence-corrected chi connectivity index (χ2v) is 1.55. The zero-order chi connectivity index (χ0) is 6.53.